The molecule has 3 nitrogen and oxygen atoms in total. The highest BCUT2D eigenvalue weighted by Crippen LogP contribution is 2.39. The molecule has 1 fully saturated rings. The number of aliphatic hydroxyl groups excluding tert-OH is 1. The summed E-state index contributed by atoms with van der Waals surface area (Å²) in [6, 6.07) is 17.7. The van der Waals surface area contributed by atoms with E-state index in [1.54, 1.807) is 0 Å². The van der Waals surface area contributed by atoms with Gasteiger partial charge in [0.1, 0.15) is 11.6 Å². The topological polar surface area (TPSA) is 46.5 Å². The Labute approximate surface area is 269 Å². The maximum absolute atomic E-state index is 15.0. The third kappa shape index (κ3) is 10.9. The summed E-state index contributed by atoms with van der Waals surface area (Å²) in [6.07, 6.45) is 11.4. The number of carbonyl (C=O) groups excluding carboxylic acids is 1. The molecule has 0 radical (unpaired) electrons. The van der Waals surface area contributed by atoms with Crippen molar-refractivity contribution in [3.8, 4) is 22.3 Å². The van der Waals surface area contributed by atoms with E-state index in [4.69, 9.17) is 0 Å². The van der Waals surface area contributed by atoms with Crippen LogP contribution >= 0.6 is 0 Å². The van der Waals surface area contributed by atoms with Crippen molar-refractivity contribution in [3.05, 3.63) is 95.1 Å². The number of rotatable bonds is 14. The first-order valence-corrected chi connectivity index (χ1v) is 16.7. The van der Waals surface area contributed by atoms with Crippen molar-refractivity contribution in [1.82, 2.24) is 0 Å². The maximum Gasteiger partial charge on any atom is 0.293 e. The smallest absolute Gasteiger partial charge is 0.293 e. The normalized spacial score (nSPS) is 16.8. The van der Waals surface area contributed by atoms with Gasteiger partial charge in [-0.15, -0.1) is 6.58 Å². The predicted octanol–water partition coefficient (Wildman–Crippen LogP) is 10.6. The molecule has 1 saturated carbocycles. The molecule has 3 aromatic carbocycles. The van der Waals surface area contributed by atoms with E-state index in [0.29, 0.717) is 11.5 Å². The van der Waals surface area contributed by atoms with Crippen molar-refractivity contribution in [2.24, 2.45) is 11.8 Å². The number of halogens is 2. The van der Waals surface area contributed by atoms with Gasteiger partial charge in [0.25, 0.3) is 6.47 Å². The van der Waals surface area contributed by atoms with Gasteiger partial charge in [-0.1, -0.05) is 87.6 Å². The van der Waals surface area contributed by atoms with Crippen molar-refractivity contribution in [2.75, 3.05) is 13.2 Å². The molecular formula is C40H52F2O3. The molecule has 5 heteroatoms. The molecule has 0 heterocycles. The molecule has 244 valence electrons. The third-order valence-electron chi connectivity index (χ3n) is 8.87. The zero-order valence-corrected chi connectivity index (χ0v) is 27.7. The van der Waals surface area contributed by atoms with E-state index < -0.39 is 17.6 Å². The Morgan fingerprint density at radius 2 is 1.56 bits per heavy atom. The molecule has 0 amide bonds. The average Bonchev–Trinajstić information content (AvgIpc) is 3.04. The number of hydrogen-bond acceptors (Lipinski definition) is 3. The van der Waals surface area contributed by atoms with Crippen molar-refractivity contribution in [1.29, 1.82) is 0 Å². The predicted molar refractivity (Wildman–Crippen MR) is 182 cm³/mol. The Hall–Kier alpha value is -3.31. The minimum Gasteiger partial charge on any atom is -0.467 e. The van der Waals surface area contributed by atoms with Crippen LogP contribution in [-0.2, 0) is 22.4 Å². The zero-order chi connectivity index (χ0) is 32.8. The molecule has 0 bridgehead atoms. The molecule has 3 aromatic rings. The van der Waals surface area contributed by atoms with Crippen LogP contribution in [0.5, 0.6) is 0 Å². The van der Waals surface area contributed by atoms with Gasteiger partial charge in [-0.05, 0) is 110 Å². The van der Waals surface area contributed by atoms with E-state index in [0.717, 1.165) is 34.6 Å². The van der Waals surface area contributed by atoms with E-state index >= 15 is 0 Å². The molecule has 45 heavy (non-hydrogen) atoms. The number of aliphatic hydroxyl groups is 1. The molecule has 1 N–H and O–H groups in total. The molecule has 0 aromatic heterocycles. The van der Waals surface area contributed by atoms with Gasteiger partial charge in [0.15, 0.2) is 0 Å². The second-order valence-electron chi connectivity index (χ2n) is 12.9. The number of ether oxygens (including phenoxy) is 1. The first-order chi connectivity index (χ1) is 21.7. The first kappa shape index (κ1) is 36.2. The highest BCUT2D eigenvalue weighted by molar-refractivity contribution is 5.74. The van der Waals surface area contributed by atoms with Gasteiger partial charge in [-0.3, -0.25) is 4.79 Å². The Bertz CT molecular complexity index is 1330. The minimum absolute atomic E-state index is 0.0577. The van der Waals surface area contributed by atoms with Crippen LogP contribution in [0.15, 0.2) is 66.7 Å². The van der Waals surface area contributed by atoms with E-state index in [9.17, 15) is 18.7 Å². The van der Waals surface area contributed by atoms with Gasteiger partial charge in [0.05, 0.1) is 6.61 Å². The van der Waals surface area contributed by atoms with Crippen LogP contribution in [0.3, 0.4) is 0 Å². The summed E-state index contributed by atoms with van der Waals surface area (Å²) in [7, 11) is 0. The van der Waals surface area contributed by atoms with Gasteiger partial charge in [0.2, 0.25) is 0 Å². The van der Waals surface area contributed by atoms with E-state index in [-0.39, 0.29) is 31.7 Å². The largest absolute Gasteiger partial charge is 0.467 e. The lowest BCUT2D eigenvalue weighted by atomic mass is 9.77. The van der Waals surface area contributed by atoms with Gasteiger partial charge in [0, 0.05) is 18.1 Å². The number of aryl methyl sites for hydroxylation is 1. The lowest BCUT2D eigenvalue weighted by Crippen LogP contribution is -2.18. The fraction of sp³-hybridized carbons (Fsp3) is 0.475. The summed E-state index contributed by atoms with van der Waals surface area (Å²) in [6.45, 7) is 11.7. The van der Waals surface area contributed by atoms with E-state index in [1.807, 2.05) is 32.0 Å². The maximum atomic E-state index is 15.0. The summed E-state index contributed by atoms with van der Waals surface area (Å²) in [5.74, 6) is -0.355. The van der Waals surface area contributed by atoms with E-state index in [2.05, 4.69) is 49.4 Å². The number of benzene rings is 3. The highest BCUT2D eigenvalue weighted by Gasteiger charge is 2.22. The molecule has 1 unspecified atom stereocenters. The molecule has 0 aliphatic heterocycles. The van der Waals surface area contributed by atoms with Crippen LogP contribution in [0.25, 0.3) is 22.3 Å². The van der Waals surface area contributed by atoms with Crippen molar-refractivity contribution in [2.45, 2.75) is 97.8 Å². The molecule has 1 atom stereocenters. The Balaban J connectivity index is 0.00000130. The molecule has 0 spiro atoms. The molecule has 4 rings (SSSR count). The summed E-state index contributed by atoms with van der Waals surface area (Å²) in [5.41, 5.74) is 7.13. The number of carbonyl (C=O) groups is 1. The van der Waals surface area contributed by atoms with Crippen LogP contribution in [0.4, 0.5) is 8.78 Å². The van der Waals surface area contributed by atoms with Gasteiger partial charge in [-0.2, -0.15) is 0 Å². The van der Waals surface area contributed by atoms with Crippen LogP contribution in [0, 0.1) is 23.5 Å². The SMILES string of the molecule is C=C(C)C.CCCCCC1CCC(c2ccc(-c3ccc(-c4cc(F)c(CC(CO)COC=O)c(F)c4)cc3CC)cc2)CC1. The number of unbranched alkanes of at least 4 members (excludes halogenated alkanes) is 2. The lowest BCUT2D eigenvalue weighted by Gasteiger charge is -2.29. The average molecular weight is 619 g/mol. The molecule has 1 aliphatic carbocycles. The fourth-order valence-electron chi connectivity index (χ4n) is 6.35. The standard InChI is InChI=1S/C36H44F2O3.C4H8/c1-3-5-6-7-25-8-10-28(11-9-25)29-12-14-30(15-13-29)33-17-16-31(19-27(33)4-2)32-20-35(37)34(36(38)21-32)18-26(22-39)23-41-24-40;1-4(2)3/h12-17,19-21,24-26,28,39H,3-11,18,22-23H2,1-2H3;1H2,2-3H3. The fourth-order valence-corrected chi connectivity index (χ4v) is 6.35. The van der Waals surface area contributed by atoms with Crippen LogP contribution < -0.4 is 0 Å². The second kappa shape index (κ2) is 18.6. The molecular weight excluding hydrogens is 566 g/mol. The van der Waals surface area contributed by atoms with Crippen molar-refractivity contribution in [3.63, 3.8) is 0 Å². The first-order valence-electron chi connectivity index (χ1n) is 16.7. The number of allylic oxidation sites excluding steroid dienone is 1. The summed E-state index contributed by atoms with van der Waals surface area (Å²) in [5, 5.41) is 9.49. The second-order valence-corrected chi connectivity index (χ2v) is 12.9. The molecule has 0 saturated heterocycles. The summed E-state index contributed by atoms with van der Waals surface area (Å²) in [4.78, 5) is 10.5. The Morgan fingerprint density at radius 1 is 0.933 bits per heavy atom. The zero-order valence-electron chi connectivity index (χ0n) is 27.7. The Kier molecular flexibility index (Phi) is 15.0. The van der Waals surface area contributed by atoms with Crippen molar-refractivity contribution >= 4 is 6.47 Å². The highest BCUT2D eigenvalue weighted by atomic mass is 19.1. The van der Waals surface area contributed by atoms with Crippen LogP contribution in [-0.4, -0.2) is 24.8 Å². The monoisotopic (exact) mass is 618 g/mol. The van der Waals surface area contributed by atoms with Gasteiger partial charge >= 0.3 is 0 Å². The molecule has 1 aliphatic rings. The van der Waals surface area contributed by atoms with Crippen molar-refractivity contribution < 1.29 is 23.4 Å². The van der Waals surface area contributed by atoms with Gasteiger partial charge in [-0.25, -0.2) is 8.78 Å². The lowest BCUT2D eigenvalue weighted by molar-refractivity contribution is -0.130. The van der Waals surface area contributed by atoms with Crippen LogP contribution in [0.2, 0.25) is 0 Å². The third-order valence-corrected chi connectivity index (χ3v) is 8.87. The summed E-state index contributed by atoms with van der Waals surface area (Å²) < 4.78 is 34.7. The van der Waals surface area contributed by atoms with Gasteiger partial charge < -0.3 is 9.84 Å². The summed E-state index contributed by atoms with van der Waals surface area (Å²) >= 11 is 0. The van der Waals surface area contributed by atoms with E-state index in [1.165, 1.54) is 74.6 Å². The quantitative estimate of drug-likeness (QED) is 0.111. The minimum atomic E-state index is -0.669. The Morgan fingerprint density at radius 3 is 2.11 bits per heavy atom. The number of hydrogen-bond donors (Lipinski definition) is 1. The van der Waals surface area contributed by atoms with Crippen LogP contribution in [0.1, 0.15) is 102 Å².